The molecule has 0 spiro atoms. The van der Waals surface area contributed by atoms with Crippen molar-refractivity contribution in [3.8, 4) is 11.4 Å². The van der Waals surface area contributed by atoms with E-state index in [1.807, 2.05) is 19.9 Å². The number of benzene rings is 1. The second-order valence-electron chi connectivity index (χ2n) is 10.8. The van der Waals surface area contributed by atoms with E-state index in [0.29, 0.717) is 13.2 Å². The maximum atomic E-state index is 11.9. The zero-order valence-corrected chi connectivity index (χ0v) is 23.1. The molecule has 3 N–H and O–H groups in total. The number of rotatable bonds is 6. The first-order valence-electron chi connectivity index (χ1n) is 13.3. The number of aromatic amines is 1. The van der Waals surface area contributed by atoms with E-state index < -0.39 is 5.54 Å². The Morgan fingerprint density at radius 2 is 1.84 bits per heavy atom. The smallest absolute Gasteiger partial charge is 0.237 e. The Morgan fingerprint density at radius 3 is 2.58 bits per heavy atom. The molecule has 4 aromatic rings. The van der Waals surface area contributed by atoms with Crippen LogP contribution in [0.1, 0.15) is 24.4 Å². The molecule has 0 unspecified atom stereocenters. The molecule has 2 aliphatic rings. The standard InChI is InChI=1S/C28H35N7O2S/c1-18-23(20-6-4-5-7-21(20)30-18)25-31-22-16-19(38-24(22)26(32-25)34-12-14-37-15-13-34)17-33-8-10-35(11-9-33)28(2,3)27(29)36/h4-7,16,30H,8-15,17H2,1-3H3,(H2,29,36). The fraction of sp³-hybridized carbons (Fsp3) is 0.464. The van der Waals surface area contributed by atoms with Crippen molar-refractivity contribution in [1.82, 2.24) is 24.8 Å². The highest BCUT2D eigenvalue weighted by Gasteiger charge is 2.34. The molecular formula is C28H35N7O2S. The molecule has 10 heteroatoms. The number of ether oxygens (including phenoxy) is 1. The summed E-state index contributed by atoms with van der Waals surface area (Å²) in [5.41, 5.74) is 9.26. The van der Waals surface area contributed by atoms with E-state index in [2.05, 4.69) is 50.9 Å². The van der Waals surface area contributed by atoms with Gasteiger partial charge >= 0.3 is 0 Å². The number of morpholine rings is 1. The first-order chi connectivity index (χ1) is 18.3. The fourth-order valence-electron chi connectivity index (χ4n) is 5.55. The molecule has 3 aromatic heterocycles. The Balaban J connectivity index is 1.33. The number of H-pyrrole nitrogens is 1. The third kappa shape index (κ3) is 4.55. The number of primary amides is 1. The molecule has 0 radical (unpaired) electrons. The molecule has 0 atom stereocenters. The van der Waals surface area contributed by atoms with Crippen molar-refractivity contribution in [3.05, 3.63) is 40.9 Å². The van der Waals surface area contributed by atoms with Crippen molar-refractivity contribution in [1.29, 1.82) is 0 Å². The highest BCUT2D eigenvalue weighted by Crippen LogP contribution is 2.37. The number of aryl methyl sites for hydroxylation is 1. The van der Waals surface area contributed by atoms with Gasteiger partial charge in [0.15, 0.2) is 11.6 Å². The quantitative estimate of drug-likeness (QED) is 0.392. The average Bonchev–Trinajstić information content (AvgIpc) is 3.48. The monoisotopic (exact) mass is 533 g/mol. The van der Waals surface area contributed by atoms with Crippen molar-refractivity contribution < 1.29 is 9.53 Å². The Morgan fingerprint density at radius 1 is 1.11 bits per heavy atom. The summed E-state index contributed by atoms with van der Waals surface area (Å²) >= 11 is 1.79. The van der Waals surface area contributed by atoms with Crippen LogP contribution in [0.5, 0.6) is 0 Å². The molecule has 0 bridgehead atoms. The van der Waals surface area contributed by atoms with Crippen LogP contribution < -0.4 is 10.6 Å². The van der Waals surface area contributed by atoms with Crippen molar-refractivity contribution in [3.63, 3.8) is 0 Å². The molecule has 2 saturated heterocycles. The number of nitrogens with two attached hydrogens (primary N) is 1. The number of hydrogen-bond acceptors (Lipinski definition) is 8. The van der Waals surface area contributed by atoms with E-state index in [0.717, 1.165) is 89.8 Å². The molecule has 1 amide bonds. The summed E-state index contributed by atoms with van der Waals surface area (Å²) in [6, 6.07) is 10.6. The van der Waals surface area contributed by atoms with Crippen molar-refractivity contribution >= 4 is 44.2 Å². The van der Waals surface area contributed by atoms with Crippen molar-refractivity contribution in [2.24, 2.45) is 5.73 Å². The van der Waals surface area contributed by atoms with Crippen LogP contribution in [0.4, 0.5) is 5.82 Å². The van der Waals surface area contributed by atoms with Gasteiger partial charge in [0.25, 0.3) is 0 Å². The normalized spacial score (nSPS) is 18.0. The van der Waals surface area contributed by atoms with E-state index in [-0.39, 0.29) is 5.91 Å². The first-order valence-corrected chi connectivity index (χ1v) is 14.1. The van der Waals surface area contributed by atoms with Crippen LogP contribution in [0, 0.1) is 6.92 Å². The molecule has 5 heterocycles. The van der Waals surface area contributed by atoms with Crippen LogP contribution in [0.3, 0.4) is 0 Å². The van der Waals surface area contributed by atoms with Gasteiger partial charge in [-0.2, -0.15) is 0 Å². The predicted octanol–water partition coefficient (Wildman–Crippen LogP) is 3.37. The maximum Gasteiger partial charge on any atom is 0.237 e. The van der Waals surface area contributed by atoms with Crippen LogP contribution in [0.25, 0.3) is 32.5 Å². The van der Waals surface area contributed by atoms with Gasteiger partial charge in [0, 0.05) is 72.9 Å². The largest absolute Gasteiger partial charge is 0.378 e. The number of amides is 1. The van der Waals surface area contributed by atoms with Gasteiger partial charge in [-0.1, -0.05) is 18.2 Å². The van der Waals surface area contributed by atoms with Crippen molar-refractivity contribution in [2.75, 3.05) is 57.4 Å². The summed E-state index contributed by atoms with van der Waals surface area (Å²) in [6.45, 7) is 13.3. The number of carbonyl (C=O) groups excluding carboxylic acids is 1. The number of thiophene rings is 1. The molecule has 1 aromatic carbocycles. The summed E-state index contributed by atoms with van der Waals surface area (Å²) < 4.78 is 6.78. The van der Waals surface area contributed by atoms with Crippen LogP contribution in [-0.2, 0) is 16.1 Å². The van der Waals surface area contributed by atoms with E-state index >= 15 is 0 Å². The number of para-hydroxylation sites is 1. The van der Waals surface area contributed by atoms with Crippen LogP contribution in [0.2, 0.25) is 0 Å². The average molecular weight is 534 g/mol. The number of nitrogens with zero attached hydrogens (tertiary/aromatic N) is 5. The minimum Gasteiger partial charge on any atom is -0.378 e. The van der Waals surface area contributed by atoms with Gasteiger partial charge in [-0.15, -0.1) is 11.3 Å². The number of hydrogen-bond donors (Lipinski definition) is 2. The lowest BCUT2D eigenvalue weighted by atomic mass is 10.0. The van der Waals surface area contributed by atoms with Gasteiger partial charge in [-0.25, -0.2) is 9.97 Å². The number of fused-ring (bicyclic) bond motifs is 2. The minimum atomic E-state index is -0.622. The highest BCUT2D eigenvalue weighted by atomic mass is 32.1. The van der Waals surface area contributed by atoms with E-state index in [9.17, 15) is 4.79 Å². The Hall–Kier alpha value is -3.05. The number of aromatic nitrogens is 3. The molecule has 9 nitrogen and oxygen atoms in total. The zero-order chi connectivity index (χ0) is 26.4. The highest BCUT2D eigenvalue weighted by molar-refractivity contribution is 7.19. The molecular weight excluding hydrogens is 498 g/mol. The Labute approximate surface area is 226 Å². The molecule has 6 rings (SSSR count). The lowest BCUT2D eigenvalue weighted by molar-refractivity contribution is -0.129. The lowest BCUT2D eigenvalue weighted by Crippen LogP contribution is -2.59. The maximum absolute atomic E-state index is 11.9. The summed E-state index contributed by atoms with van der Waals surface area (Å²) in [4.78, 5) is 33.9. The summed E-state index contributed by atoms with van der Waals surface area (Å²) in [5.74, 6) is 1.49. The molecule has 0 saturated carbocycles. The van der Waals surface area contributed by atoms with Gasteiger partial charge in [0.05, 0.1) is 29.0 Å². The van der Waals surface area contributed by atoms with Gasteiger partial charge in [0.2, 0.25) is 5.91 Å². The van der Waals surface area contributed by atoms with Crippen LogP contribution in [0.15, 0.2) is 30.3 Å². The molecule has 0 aliphatic carbocycles. The molecule has 2 fully saturated rings. The summed E-state index contributed by atoms with van der Waals surface area (Å²) in [5, 5.41) is 1.14. The Bertz CT molecular complexity index is 1480. The molecule has 2 aliphatic heterocycles. The van der Waals surface area contributed by atoms with E-state index in [1.54, 1.807) is 11.3 Å². The van der Waals surface area contributed by atoms with Gasteiger partial charge in [0.1, 0.15) is 0 Å². The topological polar surface area (TPSA) is 104 Å². The third-order valence-electron chi connectivity index (χ3n) is 7.98. The fourth-order valence-corrected chi connectivity index (χ4v) is 6.70. The number of piperazine rings is 1. The van der Waals surface area contributed by atoms with Gasteiger partial charge < -0.3 is 20.4 Å². The summed E-state index contributed by atoms with van der Waals surface area (Å²) in [6.07, 6.45) is 0. The second-order valence-corrected chi connectivity index (χ2v) is 11.9. The molecule has 200 valence electrons. The first kappa shape index (κ1) is 25.2. The minimum absolute atomic E-state index is 0.272. The zero-order valence-electron chi connectivity index (χ0n) is 22.3. The number of nitrogens with one attached hydrogen (secondary N) is 1. The Kier molecular flexibility index (Phi) is 6.59. The van der Waals surface area contributed by atoms with Crippen molar-refractivity contribution in [2.45, 2.75) is 32.9 Å². The van der Waals surface area contributed by atoms with Crippen LogP contribution >= 0.6 is 11.3 Å². The van der Waals surface area contributed by atoms with E-state index in [1.165, 1.54) is 4.88 Å². The van der Waals surface area contributed by atoms with E-state index in [4.69, 9.17) is 20.4 Å². The van der Waals surface area contributed by atoms with Gasteiger partial charge in [-0.3, -0.25) is 14.6 Å². The molecule has 38 heavy (non-hydrogen) atoms. The van der Waals surface area contributed by atoms with Gasteiger partial charge in [-0.05, 0) is 32.9 Å². The lowest BCUT2D eigenvalue weighted by Gasteiger charge is -2.42. The van der Waals surface area contributed by atoms with Crippen LogP contribution in [-0.4, -0.2) is 88.7 Å². The second kappa shape index (κ2) is 9.92. The predicted molar refractivity (Wildman–Crippen MR) is 153 cm³/mol. The SMILES string of the molecule is Cc1[nH]c2ccccc2c1-c1nc(N2CCOCC2)c2sc(CN3CCN(C(C)(C)C(N)=O)CC3)cc2n1. The number of anilines is 1. The summed E-state index contributed by atoms with van der Waals surface area (Å²) in [7, 11) is 0. The number of carbonyl (C=O) groups is 1. The third-order valence-corrected chi connectivity index (χ3v) is 9.08.